The lowest BCUT2D eigenvalue weighted by molar-refractivity contribution is -0.120. The molecular formula is C17H24N2O. The standard InChI is InChI=1S/C17H24N2O/c1-12-4-5-15(13(2)10-12)19(3)16(20)14-11-17(14)6-8-18-9-7-17/h4-5,10,14,18H,6-9,11H2,1-3H3. The molecule has 3 heteroatoms. The molecule has 1 heterocycles. The van der Waals surface area contributed by atoms with E-state index in [2.05, 4.69) is 37.4 Å². The number of amides is 1. The van der Waals surface area contributed by atoms with Crippen LogP contribution in [0.3, 0.4) is 0 Å². The predicted molar refractivity (Wildman–Crippen MR) is 82.0 cm³/mol. The average molecular weight is 272 g/mol. The Bertz CT molecular complexity index is 532. The van der Waals surface area contributed by atoms with Crippen LogP contribution in [0.2, 0.25) is 0 Å². The maximum absolute atomic E-state index is 12.7. The molecule has 3 rings (SSSR count). The van der Waals surface area contributed by atoms with Crippen molar-refractivity contribution in [3.63, 3.8) is 0 Å². The van der Waals surface area contributed by atoms with Gasteiger partial charge in [0.15, 0.2) is 0 Å². The Morgan fingerprint density at radius 3 is 2.65 bits per heavy atom. The molecule has 1 atom stereocenters. The summed E-state index contributed by atoms with van der Waals surface area (Å²) >= 11 is 0. The van der Waals surface area contributed by atoms with Gasteiger partial charge < -0.3 is 10.2 Å². The minimum absolute atomic E-state index is 0.246. The molecule has 20 heavy (non-hydrogen) atoms. The van der Waals surface area contributed by atoms with E-state index in [0.29, 0.717) is 11.3 Å². The molecule has 1 aromatic rings. The van der Waals surface area contributed by atoms with Crippen LogP contribution in [0.5, 0.6) is 0 Å². The summed E-state index contributed by atoms with van der Waals surface area (Å²) in [7, 11) is 1.92. The zero-order chi connectivity index (χ0) is 14.3. The molecule has 0 bridgehead atoms. The molecule has 1 N–H and O–H groups in total. The van der Waals surface area contributed by atoms with Gasteiger partial charge in [0, 0.05) is 18.7 Å². The topological polar surface area (TPSA) is 32.3 Å². The minimum Gasteiger partial charge on any atom is -0.317 e. The Kier molecular flexibility index (Phi) is 3.33. The summed E-state index contributed by atoms with van der Waals surface area (Å²) in [4.78, 5) is 14.6. The summed E-state index contributed by atoms with van der Waals surface area (Å²) in [5.74, 6) is 0.550. The van der Waals surface area contributed by atoms with Gasteiger partial charge in [0.2, 0.25) is 5.91 Å². The highest BCUT2D eigenvalue weighted by atomic mass is 16.2. The maximum Gasteiger partial charge on any atom is 0.230 e. The number of aryl methyl sites for hydroxylation is 2. The zero-order valence-electron chi connectivity index (χ0n) is 12.7. The van der Waals surface area contributed by atoms with Crippen molar-refractivity contribution in [2.75, 3.05) is 25.0 Å². The zero-order valence-corrected chi connectivity index (χ0v) is 12.7. The molecule has 1 aliphatic heterocycles. The monoisotopic (exact) mass is 272 g/mol. The summed E-state index contributed by atoms with van der Waals surface area (Å²) in [6, 6.07) is 6.30. The van der Waals surface area contributed by atoms with Crippen LogP contribution >= 0.6 is 0 Å². The number of hydrogen-bond acceptors (Lipinski definition) is 2. The first-order valence-corrected chi connectivity index (χ1v) is 7.59. The summed E-state index contributed by atoms with van der Waals surface area (Å²) < 4.78 is 0. The van der Waals surface area contributed by atoms with Gasteiger partial charge in [-0.1, -0.05) is 17.7 Å². The first kappa shape index (κ1) is 13.6. The smallest absolute Gasteiger partial charge is 0.230 e. The van der Waals surface area contributed by atoms with Gasteiger partial charge in [-0.05, 0) is 63.2 Å². The Balaban J connectivity index is 1.74. The summed E-state index contributed by atoms with van der Waals surface area (Å²) in [5, 5.41) is 3.39. The van der Waals surface area contributed by atoms with E-state index in [4.69, 9.17) is 0 Å². The third-order valence-electron chi connectivity index (χ3n) is 5.13. The first-order valence-electron chi connectivity index (χ1n) is 7.59. The fourth-order valence-electron chi connectivity index (χ4n) is 3.71. The van der Waals surface area contributed by atoms with Crippen molar-refractivity contribution >= 4 is 11.6 Å². The highest BCUT2D eigenvalue weighted by Gasteiger charge is 2.58. The van der Waals surface area contributed by atoms with Crippen molar-refractivity contribution in [2.45, 2.75) is 33.1 Å². The second-order valence-electron chi connectivity index (χ2n) is 6.56. The fraction of sp³-hybridized carbons (Fsp3) is 0.588. The second-order valence-corrected chi connectivity index (χ2v) is 6.56. The second kappa shape index (κ2) is 4.88. The predicted octanol–water partition coefficient (Wildman–Crippen LogP) is 2.66. The van der Waals surface area contributed by atoms with Gasteiger partial charge in [0.05, 0.1) is 0 Å². The van der Waals surface area contributed by atoms with Gasteiger partial charge >= 0.3 is 0 Å². The molecular weight excluding hydrogens is 248 g/mol. The van der Waals surface area contributed by atoms with Crippen LogP contribution in [0, 0.1) is 25.2 Å². The molecule has 1 unspecified atom stereocenters. The quantitative estimate of drug-likeness (QED) is 0.897. The van der Waals surface area contributed by atoms with Gasteiger partial charge in [-0.2, -0.15) is 0 Å². The van der Waals surface area contributed by atoms with E-state index in [1.165, 1.54) is 11.1 Å². The third-order valence-corrected chi connectivity index (χ3v) is 5.13. The molecule has 1 aromatic carbocycles. The maximum atomic E-state index is 12.7. The number of piperidine rings is 1. The molecule has 2 aliphatic rings. The van der Waals surface area contributed by atoms with Gasteiger partial charge in [0.1, 0.15) is 0 Å². The summed E-state index contributed by atoms with van der Waals surface area (Å²) in [5.41, 5.74) is 3.79. The largest absolute Gasteiger partial charge is 0.317 e. The van der Waals surface area contributed by atoms with Crippen LogP contribution in [0.25, 0.3) is 0 Å². The molecule has 1 saturated heterocycles. The van der Waals surface area contributed by atoms with E-state index in [1.807, 2.05) is 11.9 Å². The van der Waals surface area contributed by atoms with Gasteiger partial charge in [-0.25, -0.2) is 0 Å². The van der Waals surface area contributed by atoms with Crippen LogP contribution < -0.4 is 10.2 Å². The number of anilines is 1. The number of carbonyl (C=O) groups is 1. The molecule has 0 radical (unpaired) electrons. The van der Waals surface area contributed by atoms with Crippen LogP contribution in [-0.2, 0) is 4.79 Å². The molecule has 0 aromatic heterocycles. The number of benzene rings is 1. The lowest BCUT2D eigenvalue weighted by atomic mass is 9.91. The van der Waals surface area contributed by atoms with Crippen molar-refractivity contribution in [3.8, 4) is 0 Å². The summed E-state index contributed by atoms with van der Waals surface area (Å²) in [6.45, 7) is 6.30. The third kappa shape index (κ3) is 2.24. The highest BCUT2D eigenvalue weighted by molar-refractivity contribution is 5.97. The number of carbonyl (C=O) groups excluding carboxylic acids is 1. The minimum atomic E-state index is 0.246. The van der Waals surface area contributed by atoms with Crippen molar-refractivity contribution in [2.24, 2.45) is 11.3 Å². The average Bonchev–Trinajstić information content (AvgIpc) is 3.11. The van der Waals surface area contributed by atoms with Crippen molar-refractivity contribution in [1.29, 1.82) is 0 Å². The number of hydrogen-bond donors (Lipinski definition) is 1. The Hall–Kier alpha value is -1.35. The molecule has 3 nitrogen and oxygen atoms in total. The number of nitrogens with zero attached hydrogens (tertiary/aromatic N) is 1. The Morgan fingerprint density at radius 1 is 1.30 bits per heavy atom. The van der Waals surface area contributed by atoms with E-state index < -0.39 is 0 Å². The lowest BCUT2D eigenvalue weighted by Gasteiger charge is -2.25. The van der Waals surface area contributed by atoms with E-state index in [-0.39, 0.29) is 5.92 Å². The van der Waals surface area contributed by atoms with Crippen molar-refractivity contribution in [1.82, 2.24) is 5.32 Å². The van der Waals surface area contributed by atoms with E-state index >= 15 is 0 Å². The number of rotatable bonds is 2. The van der Waals surface area contributed by atoms with Gasteiger partial charge in [-0.3, -0.25) is 4.79 Å². The molecule has 1 amide bonds. The van der Waals surface area contributed by atoms with Crippen LogP contribution in [0.1, 0.15) is 30.4 Å². The normalized spacial score (nSPS) is 23.6. The van der Waals surface area contributed by atoms with Crippen LogP contribution in [-0.4, -0.2) is 26.0 Å². The molecule has 2 fully saturated rings. The molecule has 1 spiro atoms. The Labute approximate surface area is 121 Å². The molecule has 108 valence electrons. The lowest BCUT2D eigenvalue weighted by Crippen LogP contribution is -2.34. The van der Waals surface area contributed by atoms with Gasteiger partial charge in [-0.15, -0.1) is 0 Å². The summed E-state index contributed by atoms with van der Waals surface area (Å²) in [6.07, 6.45) is 3.40. The van der Waals surface area contributed by atoms with Gasteiger partial charge in [0.25, 0.3) is 0 Å². The van der Waals surface area contributed by atoms with Crippen LogP contribution in [0.15, 0.2) is 18.2 Å². The highest BCUT2D eigenvalue weighted by Crippen LogP contribution is 2.59. The van der Waals surface area contributed by atoms with Crippen molar-refractivity contribution in [3.05, 3.63) is 29.3 Å². The first-order chi connectivity index (χ1) is 9.53. The van der Waals surface area contributed by atoms with E-state index in [9.17, 15) is 4.79 Å². The van der Waals surface area contributed by atoms with Crippen molar-refractivity contribution < 1.29 is 4.79 Å². The molecule has 1 aliphatic carbocycles. The fourth-order valence-corrected chi connectivity index (χ4v) is 3.71. The molecule has 1 saturated carbocycles. The SMILES string of the molecule is Cc1ccc(N(C)C(=O)C2CC23CCNCC3)c(C)c1. The van der Waals surface area contributed by atoms with E-state index in [0.717, 1.165) is 38.0 Å². The van der Waals surface area contributed by atoms with E-state index in [1.54, 1.807) is 0 Å². The number of nitrogens with one attached hydrogen (secondary N) is 1. The Morgan fingerprint density at radius 2 is 2.00 bits per heavy atom. The van der Waals surface area contributed by atoms with Crippen LogP contribution in [0.4, 0.5) is 5.69 Å².